The molecule has 2 aliphatic heterocycles. The second-order valence-corrected chi connectivity index (χ2v) is 8.56. The minimum Gasteiger partial charge on any atom is -0.335 e. The third kappa shape index (κ3) is 4.50. The van der Waals surface area contributed by atoms with Crippen molar-refractivity contribution in [2.45, 2.75) is 55.2 Å². The van der Waals surface area contributed by atoms with Crippen LogP contribution in [0.4, 0.5) is 14.9 Å². The van der Waals surface area contributed by atoms with Gasteiger partial charge < -0.3 is 10.6 Å². The van der Waals surface area contributed by atoms with Crippen molar-refractivity contribution < 1.29 is 9.18 Å². The molecule has 148 valence electrons. The third-order valence-electron chi connectivity index (χ3n) is 5.85. The van der Waals surface area contributed by atoms with Crippen LogP contribution in [0.3, 0.4) is 0 Å². The number of nitrogens with zero attached hydrogens (tertiary/aromatic N) is 1. The number of hydrogen-bond donors (Lipinski definition) is 2. The highest BCUT2D eigenvalue weighted by Gasteiger charge is 2.40. The van der Waals surface area contributed by atoms with Crippen molar-refractivity contribution in [2.75, 3.05) is 11.6 Å². The molecule has 0 unspecified atom stereocenters. The van der Waals surface area contributed by atoms with E-state index in [-0.39, 0.29) is 17.9 Å². The number of piperidine rings is 1. The monoisotopic (exact) mass is 399 g/mol. The molecule has 4 nitrogen and oxygen atoms in total. The third-order valence-corrected chi connectivity index (χ3v) is 6.59. The lowest BCUT2D eigenvalue weighted by Gasteiger charge is -2.39. The van der Waals surface area contributed by atoms with E-state index in [1.54, 1.807) is 11.8 Å². The molecule has 2 aliphatic rings. The molecule has 2 bridgehead atoms. The van der Waals surface area contributed by atoms with Crippen molar-refractivity contribution in [1.82, 2.24) is 10.2 Å². The number of carbonyl (C=O) groups is 1. The Kier molecular flexibility index (Phi) is 5.87. The Morgan fingerprint density at radius 3 is 2.32 bits per heavy atom. The number of nitrogens with one attached hydrogen (secondary N) is 2. The van der Waals surface area contributed by atoms with Crippen LogP contribution in [-0.2, 0) is 6.54 Å². The summed E-state index contributed by atoms with van der Waals surface area (Å²) < 4.78 is 13.1. The van der Waals surface area contributed by atoms with Gasteiger partial charge in [0.25, 0.3) is 0 Å². The van der Waals surface area contributed by atoms with Crippen LogP contribution in [0, 0.1) is 5.82 Å². The molecule has 0 aliphatic carbocycles. The van der Waals surface area contributed by atoms with Crippen LogP contribution in [0.15, 0.2) is 53.4 Å². The maximum Gasteiger partial charge on any atom is 0.319 e. The molecule has 4 rings (SSSR count). The maximum absolute atomic E-state index is 13.1. The number of fused-ring (bicyclic) bond motifs is 2. The SMILES string of the molecule is CSc1ccc(NC(=O)NC2C[C@H]3CC[C@H](C2)N3Cc2ccc(F)cc2)cc1. The van der Waals surface area contributed by atoms with Gasteiger partial charge in [0, 0.05) is 35.3 Å². The van der Waals surface area contributed by atoms with Crippen molar-refractivity contribution in [3.8, 4) is 0 Å². The summed E-state index contributed by atoms with van der Waals surface area (Å²) in [5.74, 6) is -0.191. The van der Waals surface area contributed by atoms with Crippen molar-refractivity contribution in [2.24, 2.45) is 0 Å². The number of thioether (sulfide) groups is 1. The van der Waals surface area contributed by atoms with Gasteiger partial charge >= 0.3 is 6.03 Å². The molecule has 2 atom stereocenters. The fourth-order valence-electron chi connectivity index (χ4n) is 4.48. The van der Waals surface area contributed by atoms with Crippen molar-refractivity contribution in [3.63, 3.8) is 0 Å². The topological polar surface area (TPSA) is 44.4 Å². The minimum atomic E-state index is -0.191. The number of benzene rings is 2. The molecule has 28 heavy (non-hydrogen) atoms. The van der Waals surface area contributed by atoms with Gasteiger partial charge in [0.15, 0.2) is 0 Å². The quantitative estimate of drug-likeness (QED) is 0.706. The van der Waals surface area contributed by atoms with Crippen LogP contribution in [0.1, 0.15) is 31.2 Å². The van der Waals surface area contributed by atoms with Crippen LogP contribution in [0.25, 0.3) is 0 Å². The molecule has 2 fully saturated rings. The smallest absolute Gasteiger partial charge is 0.319 e. The highest BCUT2D eigenvalue weighted by Crippen LogP contribution is 2.36. The predicted molar refractivity (Wildman–Crippen MR) is 112 cm³/mol. The number of amides is 2. The first-order valence-corrected chi connectivity index (χ1v) is 11.0. The van der Waals surface area contributed by atoms with Gasteiger partial charge in [-0.1, -0.05) is 12.1 Å². The molecular weight excluding hydrogens is 373 g/mol. The molecule has 0 radical (unpaired) electrons. The molecular formula is C22H26FN3OS. The zero-order chi connectivity index (χ0) is 19.5. The number of urea groups is 1. The molecule has 2 heterocycles. The highest BCUT2D eigenvalue weighted by molar-refractivity contribution is 7.98. The normalized spacial score (nSPS) is 24.1. The Bertz CT molecular complexity index is 798. The van der Waals surface area contributed by atoms with Crippen LogP contribution >= 0.6 is 11.8 Å². The van der Waals surface area contributed by atoms with Crippen LogP contribution in [-0.4, -0.2) is 35.3 Å². The minimum absolute atomic E-state index is 0.131. The summed E-state index contributed by atoms with van der Waals surface area (Å²) >= 11 is 1.68. The Labute approximate surface area is 169 Å². The summed E-state index contributed by atoms with van der Waals surface area (Å²) in [5, 5.41) is 6.10. The van der Waals surface area contributed by atoms with Gasteiger partial charge in [0.1, 0.15) is 5.82 Å². The number of rotatable bonds is 5. The number of hydrogen-bond acceptors (Lipinski definition) is 3. The van der Waals surface area contributed by atoms with E-state index in [4.69, 9.17) is 0 Å². The Hall–Kier alpha value is -2.05. The van der Waals surface area contributed by atoms with Gasteiger partial charge in [0.05, 0.1) is 0 Å². The van der Waals surface area contributed by atoms with Crippen LogP contribution in [0.2, 0.25) is 0 Å². The Morgan fingerprint density at radius 1 is 1.07 bits per heavy atom. The highest BCUT2D eigenvalue weighted by atomic mass is 32.2. The summed E-state index contributed by atoms with van der Waals surface area (Å²) in [5.41, 5.74) is 1.96. The van der Waals surface area contributed by atoms with Crippen molar-refractivity contribution in [1.29, 1.82) is 0 Å². The number of halogens is 1. The average Bonchev–Trinajstić information content (AvgIpc) is 2.92. The van der Waals surface area contributed by atoms with E-state index in [0.29, 0.717) is 12.1 Å². The van der Waals surface area contributed by atoms with Gasteiger partial charge in [0.2, 0.25) is 0 Å². The van der Waals surface area contributed by atoms with E-state index in [9.17, 15) is 9.18 Å². The standard InChI is InChI=1S/C22H26FN3OS/c1-28-21-10-6-17(7-11-21)24-22(27)25-18-12-19-8-9-20(13-18)26(19)14-15-2-4-16(23)5-3-15/h2-7,10-11,18-20H,8-9,12-14H2,1H3,(H2,24,25,27)/t19-,20-/m1/s1. The summed E-state index contributed by atoms with van der Waals surface area (Å²) in [7, 11) is 0. The maximum atomic E-state index is 13.1. The van der Waals surface area contributed by atoms with E-state index in [1.165, 1.54) is 29.9 Å². The lowest BCUT2D eigenvalue weighted by Crippen LogP contribution is -2.50. The lowest BCUT2D eigenvalue weighted by molar-refractivity contribution is 0.112. The van der Waals surface area contributed by atoms with Crippen molar-refractivity contribution in [3.05, 3.63) is 59.9 Å². The van der Waals surface area contributed by atoms with Gasteiger partial charge in [-0.2, -0.15) is 0 Å². The summed E-state index contributed by atoms with van der Waals surface area (Å²) in [6.07, 6.45) is 6.31. The summed E-state index contributed by atoms with van der Waals surface area (Å²) in [4.78, 5) is 16.1. The molecule has 0 aromatic heterocycles. The van der Waals surface area contributed by atoms with Gasteiger partial charge in [-0.3, -0.25) is 4.90 Å². The fourth-order valence-corrected chi connectivity index (χ4v) is 4.89. The molecule has 2 aromatic carbocycles. The summed E-state index contributed by atoms with van der Waals surface area (Å²) in [6, 6.07) is 15.7. The van der Waals surface area contributed by atoms with Crippen molar-refractivity contribution >= 4 is 23.5 Å². The number of anilines is 1. The fraction of sp³-hybridized carbons (Fsp3) is 0.409. The molecule has 0 spiro atoms. The Morgan fingerprint density at radius 2 is 1.71 bits per heavy atom. The van der Waals surface area contributed by atoms with Crippen LogP contribution in [0.5, 0.6) is 0 Å². The van der Waals surface area contributed by atoms with E-state index in [0.717, 1.165) is 30.6 Å². The van der Waals surface area contributed by atoms with Gasteiger partial charge in [-0.15, -0.1) is 11.8 Å². The zero-order valence-electron chi connectivity index (χ0n) is 16.0. The van der Waals surface area contributed by atoms with Gasteiger partial charge in [-0.05, 0) is 73.9 Å². The van der Waals surface area contributed by atoms with E-state index in [1.807, 2.05) is 42.7 Å². The molecule has 2 aromatic rings. The predicted octanol–water partition coefficient (Wildman–Crippen LogP) is 4.86. The van der Waals surface area contributed by atoms with E-state index >= 15 is 0 Å². The van der Waals surface area contributed by atoms with E-state index < -0.39 is 0 Å². The zero-order valence-corrected chi connectivity index (χ0v) is 16.8. The lowest BCUT2D eigenvalue weighted by atomic mass is 9.96. The molecule has 2 N–H and O–H groups in total. The summed E-state index contributed by atoms with van der Waals surface area (Å²) in [6.45, 7) is 0.857. The molecule has 6 heteroatoms. The number of carbonyl (C=O) groups excluding carboxylic acids is 1. The Balaban J connectivity index is 1.31. The average molecular weight is 400 g/mol. The second-order valence-electron chi connectivity index (χ2n) is 7.68. The molecule has 2 amide bonds. The first-order valence-electron chi connectivity index (χ1n) is 9.82. The molecule has 0 saturated carbocycles. The first-order chi connectivity index (χ1) is 13.6. The first kappa shape index (κ1) is 19.3. The van der Waals surface area contributed by atoms with E-state index in [2.05, 4.69) is 15.5 Å². The van der Waals surface area contributed by atoms with Crippen LogP contribution < -0.4 is 10.6 Å². The second kappa shape index (κ2) is 8.53. The van der Waals surface area contributed by atoms with Gasteiger partial charge in [-0.25, -0.2) is 9.18 Å². The largest absolute Gasteiger partial charge is 0.335 e. The molecule has 2 saturated heterocycles.